The predicted octanol–water partition coefficient (Wildman–Crippen LogP) is 4.52. The van der Waals surface area contributed by atoms with E-state index in [1.165, 1.54) is 27.8 Å². The molecule has 0 aliphatic carbocycles. The van der Waals surface area contributed by atoms with Crippen molar-refractivity contribution in [2.45, 2.75) is 40.7 Å². The van der Waals surface area contributed by atoms with E-state index in [0.717, 1.165) is 5.56 Å². The Hall–Kier alpha value is -1.25. The summed E-state index contributed by atoms with van der Waals surface area (Å²) in [5.74, 6) is 0.707. The Morgan fingerprint density at radius 1 is 0.895 bits per heavy atom. The van der Waals surface area contributed by atoms with Crippen LogP contribution in [0, 0.1) is 34.6 Å². The molecule has 0 spiro atoms. The third-order valence-electron chi connectivity index (χ3n) is 4.27. The van der Waals surface area contributed by atoms with Gasteiger partial charge in [-0.15, -0.1) is 0 Å². The van der Waals surface area contributed by atoms with Crippen molar-refractivity contribution in [2.75, 3.05) is 0 Å². The van der Waals surface area contributed by atoms with E-state index in [-0.39, 0.29) is 6.04 Å². The van der Waals surface area contributed by atoms with Gasteiger partial charge in [0.2, 0.25) is 0 Å². The lowest BCUT2D eigenvalue weighted by molar-refractivity contribution is 0.490. The zero-order chi connectivity index (χ0) is 14.3. The Kier molecular flexibility index (Phi) is 3.75. The van der Waals surface area contributed by atoms with E-state index in [0.29, 0.717) is 11.0 Å². The summed E-state index contributed by atoms with van der Waals surface area (Å²) in [4.78, 5) is 0. The van der Waals surface area contributed by atoms with Crippen LogP contribution in [0.2, 0.25) is 5.22 Å². The number of halogens is 1. The quantitative estimate of drug-likeness (QED) is 0.876. The molecule has 1 aromatic heterocycles. The fourth-order valence-corrected chi connectivity index (χ4v) is 2.79. The van der Waals surface area contributed by atoms with Gasteiger partial charge in [-0.2, -0.15) is 0 Å². The molecule has 2 rings (SSSR count). The summed E-state index contributed by atoms with van der Waals surface area (Å²) in [5.41, 5.74) is 13.9. The second-order valence-electron chi connectivity index (χ2n) is 5.16. The lowest BCUT2D eigenvalue weighted by atomic mass is 9.86. The van der Waals surface area contributed by atoms with Gasteiger partial charge in [0, 0.05) is 0 Å². The molecule has 0 bridgehead atoms. The molecule has 0 saturated heterocycles. The highest BCUT2D eigenvalue weighted by molar-refractivity contribution is 6.28. The Morgan fingerprint density at radius 2 is 1.37 bits per heavy atom. The normalized spacial score (nSPS) is 12.8. The standard InChI is InChI=1S/C16H20ClNO/c1-8-9(2)11(4)15(12(5)10(8)3)16(18)13-6-7-14(17)19-13/h6-7,16H,18H2,1-5H3. The fourth-order valence-electron chi connectivity index (χ4n) is 2.63. The molecule has 0 radical (unpaired) electrons. The second kappa shape index (κ2) is 5.03. The van der Waals surface area contributed by atoms with Crippen LogP contribution in [0.15, 0.2) is 16.5 Å². The van der Waals surface area contributed by atoms with E-state index in [1.54, 1.807) is 6.07 Å². The highest BCUT2D eigenvalue weighted by Crippen LogP contribution is 2.33. The number of furan rings is 1. The van der Waals surface area contributed by atoms with Crippen LogP contribution in [0.25, 0.3) is 0 Å². The van der Waals surface area contributed by atoms with E-state index in [1.807, 2.05) is 6.07 Å². The third kappa shape index (κ3) is 2.31. The van der Waals surface area contributed by atoms with Gasteiger partial charge in [0.1, 0.15) is 5.76 Å². The minimum Gasteiger partial charge on any atom is -0.448 e. The number of nitrogens with two attached hydrogens (primary N) is 1. The van der Waals surface area contributed by atoms with E-state index in [2.05, 4.69) is 34.6 Å². The van der Waals surface area contributed by atoms with Crippen molar-refractivity contribution in [1.82, 2.24) is 0 Å². The molecule has 0 amide bonds. The van der Waals surface area contributed by atoms with E-state index < -0.39 is 0 Å². The van der Waals surface area contributed by atoms with Gasteiger partial charge in [-0.25, -0.2) is 0 Å². The molecule has 1 aromatic carbocycles. The molecule has 2 N–H and O–H groups in total. The topological polar surface area (TPSA) is 39.2 Å². The minimum atomic E-state index is -0.273. The summed E-state index contributed by atoms with van der Waals surface area (Å²) in [7, 11) is 0. The maximum atomic E-state index is 6.37. The van der Waals surface area contributed by atoms with Gasteiger partial charge in [0.15, 0.2) is 5.22 Å². The van der Waals surface area contributed by atoms with Crippen molar-refractivity contribution >= 4 is 11.6 Å². The fraction of sp³-hybridized carbons (Fsp3) is 0.375. The number of benzene rings is 1. The predicted molar refractivity (Wildman–Crippen MR) is 79.9 cm³/mol. The lowest BCUT2D eigenvalue weighted by Crippen LogP contribution is -2.16. The molecular formula is C16H20ClNO. The first-order valence-electron chi connectivity index (χ1n) is 6.42. The van der Waals surface area contributed by atoms with Crippen LogP contribution in [0.5, 0.6) is 0 Å². The molecule has 1 atom stereocenters. The third-order valence-corrected chi connectivity index (χ3v) is 4.47. The van der Waals surface area contributed by atoms with Crippen LogP contribution in [-0.2, 0) is 0 Å². The van der Waals surface area contributed by atoms with Gasteiger partial charge < -0.3 is 10.2 Å². The molecule has 0 saturated carbocycles. The first-order chi connectivity index (χ1) is 8.84. The van der Waals surface area contributed by atoms with Crippen molar-refractivity contribution in [1.29, 1.82) is 0 Å². The Balaban J connectivity index is 2.63. The molecule has 2 nitrogen and oxygen atoms in total. The Labute approximate surface area is 119 Å². The van der Waals surface area contributed by atoms with Crippen LogP contribution >= 0.6 is 11.6 Å². The summed E-state index contributed by atoms with van der Waals surface area (Å²) in [6.07, 6.45) is 0. The van der Waals surface area contributed by atoms with Gasteiger partial charge in [0.25, 0.3) is 0 Å². The molecule has 0 fully saturated rings. The van der Waals surface area contributed by atoms with E-state index in [4.69, 9.17) is 21.8 Å². The zero-order valence-corrected chi connectivity index (χ0v) is 12.9. The maximum Gasteiger partial charge on any atom is 0.193 e. The highest BCUT2D eigenvalue weighted by Gasteiger charge is 2.21. The van der Waals surface area contributed by atoms with E-state index >= 15 is 0 Å². The smallest absolute Gasteiger partial charge is 0.193 e. The van der Waals surface area contributed by atoms with Crippen LogP contribution < -0.4 is 5.73 Å². The molecular weight excluding hydrogens is 258 g/mol. The summed E-state index contributed by atoms with van der Waals surface area (Å²) in [5, 5.41) is 0.376. The van der Waals surface area contributed by atoms with Gasteiger partial charge in [-0.1, -0.05) is 0 Å². The molecule has 0 aliphatic rings. The first-order valence-corrected chi connectivity index (χ1v) is 6.80. The molecule has 19 heavy (non-hydrogen) atoms. The Morgan fingerprint density at radius 3 is 1.79 bits per heavy atom. The lowest BCUT2D eigenvalue weighted by Gasteiger charge is -2.22. The molecule has 1 heterocycles. The van der Waals surface area contributed by atoms with Crippen LogP contribution in [0.1, 0.15) is 45.2 Å². The average Bonchev–Trinajstić information content (AvgIpc) is 2.81. The second-order valence-corrected chi connectivity index (χ2v) is 5.53. The van der Waals surface area contributed by atoms with Crippen molar-refractivity contribution in [3.05, 3.63) is 56.5 Å². The molecule has 2 aromatic rings. The monoisotopic (exact) mass is 277 g/mol. The van der Waals surface area contributed by atoms with Crippen LogP contribution in [0.4, 0.5) is 0 Å². The van der Waals surface area contributed by atoms with Crippen LogP contribution in [0.3, 0.4) is 0 Å². The van der Waals surface area contributed by atoms with Gasteiger partial charge in [0.05, 0.1) is 6.04 Å². The SMILES string of the molecule is Cc1c(C)c(C)c(C(N)c2ccc(Cl)o2)c(C)c1C. The largest absolute Gasteiger partial charge is 0.448 e. The Bertz CT molecular complexity index is 599. The summed E-state index contributed by atoms with van der Waals surface area (Å²) in [6.45, 7) is 10.7. The molecule has 102 valence electrons. The number of hydrogen-bond donors (Lipinski definition) is 1. The minimum absolute atomic E-state index is 0.273. The highest BCUT2D eigenvalue weighted by atomic mass is 35.5. The summed E-state index contributed by atoms with van der Waals surface area (Å²) in [6, 6.07) is 3.30. The first kappa shape index (κ1) is 14.2. The molecule has 3 heteroatoms. The van der Waals surface area contributed by atoms with Crippen LogP contribution in [-0.4, -0.2) is 0 Å². The van der Waals surface area contributed by atoms with Crippen molar-refractivity contribution in [2.24, 2.45) is 5.73 Å². The van der Waals surface area contributed by atoms with E-state index in [9.17, 15) is 0 Å². The van der Waals surface area contributed by atoms with Gasteiger partial charge in [-0.05, 0) is 91.7 Å². The van der Waals surface area contributed by atoms with Gasteiger partial charge in [-0.3, -0.25) is 0 Å². The summed E-state index contributed by atoms with van der Waals surface area (Å²) < 4.78 is 5.46. The van der Waals surface area contributed by atoms with Crippen molar-refractivity contribution in [3.63, 3.8) is 0 Å². The number of rotatable bonds is 2. The zero-order valence-electron chi connectivity index (χ0n) is 12.1. The molecule has 1 unspecified atom stereocenters. The van der Waals surface area contributed by atoms with Gasteiger partial charge >= 0.3 is 0 Å². The number of hydrogen-bond acceptors (Lipinski definition) is 2. The maximum absolute atomic E-state index is 6.37. The van der Waals surface area contributed by atoms with Crippen molar-refractivity contribution < 1.29 is 4.42 Å². The van der Waals surface area contributed by atoms with Crippen molar-refractivity contribution in [3.8, 4) is 0 Å². The summed E-state index contributed by atoms with van der Waals surface area (Å²) >= 11 is 5.84. The average molecular weight is 278 g/mol. The molecule has 0 aliphatic heterocycles.